The summed E-state index contributed by atoms with van der Waals surface area (Å²) in [5.74, 6) is -1.02. The third-order valence-electron chi connectivity index (χ3n) is 5.89. The van der Waals surface area contributed by atoms with E-state index < -0.39 is 12.0 Å². The molecule has 1 saturated heterocycles. The molecule has 1 unspecified atom stereocenters. The van der Waals surface area contributed by atoms with Gasteiger partial charge in [0.2, 0.25) is 5.91 Å². The van der Waals surface area contributed by atoms with Crippen LogP contribution in [0.1, 0.15) is 39.5 Å². The van der Waals surface area contributed by atoms with Crippen molar-refractivity contribution >= 4 is 17.7 Å². The number of carbonyl (C=O) groups is 3. The number of ketones is 1. The van der Waals surface area contributed by atoms with Crippen molar-refractivity contribution in [2.75, 3.05) is 72.2 Å². The van der Waals surface area contributed by atoms with Crippen LogP contribution in [0.25, 0.3) is 0 Å². The minimum Gasteiger partial charge on any atom is -0.511 e. The number of hydrogen-bond donors (Lipinski definition) is 4. The van der Waals surface area contributed by atoms with E-state index in [1.165, 1.54) is 0 Å². The quantitative estimate of drug-likeness (QED) is 0.195. The maximum atomic E-state index is 12.3. The molecule has 0 aromatic carbocycles. The van der Waals surface area contributed by atoms with Gasteiger partial charge in [-0.25, -0.2) is 0 Å². The third-order valence-corrected chi connectivity index (χ3v) is 5.89. The molecule has 0 spiro atoms. The van der Waals surface area contributed by atoms with Crippen molar-refractivity contribution in [3.63, 3.8) is 0 Å². The highest BCUT2D eigenvalue weighted by Crippen LogP contribution is 2.16. The van der Waals surface area contributed by atoms with Gasteiger partial charge in [0, 0.05) is 39.1 Å². The Hall–Kier alpha value is -2.05. The Labute approximate surface area is 203 Å². The molecule has 11 heteroatoms. The summed E-state index contributed by atoms with van der Waals surface area (Å²) in [7, 11) is 0. The first-order valence-electron chi connectivity index (χ1n) is 12.1. The molecule has 0 aliphatic carbocycles. The Bertz CT molecular complexity index is 662. The summed E-state index contributed by atoms with van der Waals surface area (Å²) in [5.41, 5.74) is 5.48. The molecule has 0 bridgehead atoms. The lowest BCUT2D eigenvalue weighted by atomic mass is 10.1. The first-order valence-corrected chi connectivity index (χ1v) is 12.1. The highest BCUT2D eigenvalue weighted by molar-refractivity contribution is 5.77. The minimum atomic E-state index is -0.928. The van der Waals surface area contributed by atoms with E-state index in [-0.39, 0.29) is 30.4 Å². The average molecular weight is 485 g/mol. The molecule has 0 radical (unpaired) electrons. The number of nitrogens with zero attached hydrogens (tertiary/aromatic N) is 4. The smallest absolute Gasteiger partial charge is 0.317 e. The number of amides is 1. The number of nitrogens with one attached hydrogen (secondary N) is 1. The van der Waals surface area contributed by atoms with Gasteiger partial charge in [-0.2, -0.15) is 0 Å². The fraction of sp³-hybridized carbons (Fsp3) is 0.783. The highest BCUT2D eigenvalue weighted by atomic mass is 16.4. The van der Waals surface area contributed by atoms with Crippen LogP contribution >= 0.6 is 0 Å². The van der Waals surface area contributed by atoms with Gasteiger partial charge in [0.15, 0.2) is 0 Å². The first kappa shape index (κ1) is 30.0. The van der Waals surface area contributed by atoms with Gasteiger partial charge < -0.3 is 21.3 Å². The van der Waals surface area contributed by atoms with Gasteiger partial charge in [-0.15, -0.1) is 0 Å². The van der Waals surface area contributed by atoms with Crippen molar-refractivity contribution in [1.29, 1.82) is 0 Å². The number of rotatable bonds is 14. The number of aliphatic hydroxyl groups is 1. The van der Waals surface area contributed by atoms with Gasteiger partial charge >= 0.3 is 5.97 Å². The van der Waals surface area contributed by atoms with Crippen LogP contribution in [0.15, 0.2) is 12.3 Å². The van der Waals surface area contributed by atoms with E-state index >= 15 is 0 Å². The van der Waals surface area contributed by atoms with Crippen LogP contribution in [0.3, 0.4) is 0 Å². The van der Waals surface area contributed by atoms with Gasteiger partial charge in [0.05, 0.1) is 32.5 Å². The fourth-order valence-electron chi connectivity index (χ4n) is 4.08. The second kappa shape index (κ2) is 16.6. The van der Waals surface area contributed by atoms with E-state index in [0.29, 0.717) is 59.0 Å². The second-order valence-electron chi connectivity index (χ2n) is 8.90. The monoisotopic (exact) mass is 484 g/mol. The van der Waals surface area contributed by atoms with Crippen LogP contribution in [0.2, 0.25) is 0 Å². The van der Waals surface area contributed by atoms with Gasteiger partial charge in [0.25, 0.3) is 0 Å². The number of aliphatic hydroxyl groups excluding tert-OH is 1. The van der Waals surface area contributed by atoms with Crippen LogP contribution in [0, 0.1) is 0 Å². The van der Waals surface area contributed by atoms with Crippen molar-refractivity contribution in [3.05, 3.63) is 12.3 Å². The lowest BCUT2D eigenvalue weighted by molar-refractivity contribution is -0.140. The number of likely N-dealkylation sites (N-methyl/N-ethyl adjacent to an activating group) is 1. The van der Waals surface area contributed by atoms with E-state index in [0.717, 1.165) is 25.9 Å². The molecule has 1 fully saturated rings. The van der Waals surface area contributed by atoms with Crippen molar-refractivity contribution in [1.82, 2.24) is 24.9 Å². The maximum Gasteiger partial charge on any atom is 0.317 e. The zero-order valence-electron chi connectivity index (χ0n) is 20.9. The number of carbonyl (C=O) groups excluding carboxylic acids is 2. The number of carboxylic acids is 1. The lowest BCUT2D eigenvalue weighted by Crippen LogP contribution is -2.54. The summed E-state index contributed by atoms with van der Waals surface area (Å²) in [6.45, 7) is 12.6. The van der Waals surface area contributed by atoms with Crippen LogP contribution in [0.5, 0.6) is 0 Å². The second-order valence-corrected chi connectivity index (χ2v) is 8.90. The van der Waals surface area contributed by atoms with Crippen LogP contribution in [-0.2, 0) is 14.4 Å². The SMILES string of the molecule is C=C(O)C(CCC(=O)NCCCCN)N1CCN(CC(C)=O)CCN(CC)CN(CC(=O)O)C1. The molecular formula is C23H44N6O5. The molecule has 0 aromatic rings. The van der Waals surface area contributed by atoms with Crippen molar-refractivity contribution in [2.45, 2.75) is 45.6 Å². The topological polar surface area (TPSA) is 143 Å². The van der Waals surface area contributed by atoms with Gasteiger partial charge in [-0.3, -0.25) is 34.0 Å². The number of carboxylic acid groups (broad SMARTS) is 1. The Morgan fingerprint density at radius 3 is 2.26 bits per heavy atom. The highest BCUT2D eigenvalue weighted by Gasteiger charge is 2.27. The van der Waals surface area contributed by atoms with E-state index in [4.69, 9.17) is 5.73 Å². The molecule has 11 nitrogen and oxygen atoms in total. The van der Waals surface area contributed by atoms with Crippen molar-refractivity contribution in [3.8, 4) is 0 Å². The summed E-state index contributed by atoms with van der Waals surface area (Å²) in [6, 6.07) is -0.514. The summed E-state index contributed by atoms with van der Waals surface area (Å²) < 4.78 is 0. The molecule has 5 N–H and O–H groups in total. The van der Waals surface area contributed by atoms with Gasteiger partial charge in [-0.1, -0.05) is 13.5 Å². The third kappa shape index (κ3) is 12.4. The molecule has 34 heavy (non-hydrogen) atoms. The number of hydrogen-bond acceptors (Lipinski definition) is 9. The molecule has 1 amide bonds. The van der Waals surface area contributed by atoms with Crippen LogP contribution in [0.4, 0.5) is 0 Å². The number of nitrogens with two attached hydrogens (primary N) is 1. The van der Waals surface area contributed by atoms with Crippen molar-refractivity contribution in [2.24, 2.45) is 5.73 Å². The molecule has 1 heterocycles. The Morgan fingerprint density at radius 1 is 1.00 bits per heavy atom. The zero-order valence-corrected chi connectivity index (χ0v) is 20.9. The Kier molecular flexibility index (Phi) is 14.6. The first-order chi connectivity index (χ1) is 16.2. The average Bonchev–Trinajstić information content (AvgIpc) is 2.75. The Balaban J connectivity index is 2.98. The van der Waals surface area contributed by atoms with E-state index in [2.05, 4.69) is 21.7 Å². The fourth-order valence-corrected chi connectivity index (χ4v) is 4.08. The normalized spacial score (nSPS) is 18.3. The molecule has 1 aliphatic rings. The molecule has 196 valence electrons. The summed E-state index contributed by atoms with van der Waals surface area (Å²) >= 11 is 0. The Morgan fingerprint density at radius 2 is 1.68 bits per heavy atom. The van der Waals surface area contributed by atoms with Crippen molar-refractivity contribution < 1.29 is 24.6 Å². The minimum absolute atomic E-state index is 0.0614. The van der Waals surface area contributed by atoms with E-state index in [1.807, 2.05) is 16.7 Å². The predicted octanol–water partition coefficient (Wildman–Crippen LogP) is -0.108. The maximum absolute atomic E-state index is 12.3. The van der Waals surface area contributed by atoms with E-state index in [9.17, 15) is 24.6 Å². The van der Waals surface area contributed by atoms with Gasteiger partial charge in [-0.05, 0) is 39.3 Å². The lowest BCUT2D eigenvalue weighted by Gasteiger charge is -2.40. The standard InChI is InChI=1S/C23H44N6O5/c1-4-26-11-12-27(15-19(2)30)13-14-29(18-28(17-26)16-23(33)34)21(20(3)31)7-8-22(32)25-10-6-5-9-24/h21,31H,3-18,24H2,1-2H3,(H,25,32)(H,33,34). The number of Topliss-reactive ketones (excluding diaryl/α,β-unsaturated/α-hetero) is 1. The molecule has 1 atom stereocenters. The summed E-state index contributed by atoms with van der Waals surface area (Å²) in [6.07, 6.45) is 2.22. The molecule has 0 saturated carbocycles. The molecule has 1 rings (SSSR count). The largest absolute Gasteiger partial charge is 0.511 e. The number of aliphatic carboxylic acids is 1. The van der Waals surface area contributed by atoms with Crippen LogP contribution < -0.4 is 11.1 Å². The van der Waals surface area contributed by atoms with Crippen LogP contribution in [-0.4, -0.2) is 126 Å². The number of unbranched alkanes of at least 4 members (excludes halogenated alkanes) is 1. The van der Waals surface area contributed by atoms with Gasteiger partial charge in [0.1, 0.15) is 11.5 Å². The zero-order chi connectivity index (χ0) is 25.5. The van der Waals surface area contributed by atoms with E-state index in [1.54, 1.807) is 6.92 Å². The summed E-state index contributed by atoms with van der Waals surface area (Å²) in [5, 5.41) is 22.7. The summed E-state index contributed by atoms with van der Waals surface area (Å²) in [4.78, 5) is 43.6. The molecule has 1 aliphatic heterocycles. The molecule has 0 aromatic heterocycles. The molecular weight excluding hydrogens is 440 g/mol. The predicted molar refractivity (Wildman–Crippen MR) is 131 cm³/mol.